The third-order valence-electron chi connectivity index (χ3n) is 1.19. The van der Waals surface area contributed by atoms with Gasteiger partial charge in [-0.3, -0.25) is 5.73 Å². The molecule has 0 atom stereocenters. The zero-order valence-electron chi connectivity index (χ0n) is 6.04. The van der Waals surface area contributed by atoms with Gasteiger partial charge >= 0.3 is 0 Å². The van der Waals surface area contributed by atoms with Crippen LogP contribution in [-0.4, -0.2) is 18.3 Å². The van der Waals surface area contributed by atoms with E-state index in [1.807, 2.05) is 0 Å². The van der Waals surface area contributed by atoms with Crippen molar-refractivity contribution in [1.29, 1.82) is 0 Å². The molecule has 0 fully saturated rings. The fourth-order valence-corrected chi connectivity index (χ4v) is 1.22. The number of ether oxygens (including phenoxy) is 1. The van der Waals surface area contributed by atoms with Crippen LogP contribution in [0.4, 0.5) is 0 Å². The molecule has 0 amide bonds. The fourth-order valence-electron chi connectivity index (χ4n) is 0.654. The average molecular weight is 172 g/mol. The molecule has 0 saturated carbocycles. The molecular weight excluding hydrogens is 162 g/mol. The zero-order valence-corrected chi connectivity index (χ0v) is 6.86. The SMILES string of the molecule is [NH]CCCOc1ccsc1O. The third kappa shape index (κ3) is 2.40. The highest BCUT2D eigenvalue weighted by molar-refractivity contribution is 7.12. The summed E-state index contributed by atoms with van der Waals surface area (Å²) >= 11 is 1.25. The van der Waals surface area contributed by atoms with Gasteiger partial charge in [0.2, 0.25) is 5.06 Å². The van der Waals surface area contributed by atoms with Gasteiger partial charge < -0.3 is 9.84 Å². The maximum Gasteiger partial charge on any atom is 0.214 e. The molecule has 0 aliphatic rings. The molecule has 3 nitrogen and oxygen atoms in total. The summed E-state index contributed by atoms with van der Waals surface area (Å²) in [5, 5.41) is 11.1. The van der Waals surface area contributed by atoms with E-state index in [1.54, 1.807) is 11.4 Å². The fraction of sp³-hybridized carbons (Fsp3) is 0.429. The highest BCUT2D eigenvalue weighted by Gasteiger charge is 2.01. The predicted octanol–water partition coefficient (Wildman–Crippen LogP) is 1.51. The zero-order chi connectivity index (χ0) is 8.10. The molecule has 0 bridgehead atoms. The lowest BCUT2D eigenvalue weighted by molar-refractivity contribution is 0.299. The van der Waals surface area contributed by atoms with E-state index in [9.17, 15) is 0 Å². The first-order valence-corrected chi connectivity index (χ1v) is 4.26. The van der Waals surface area contributed by atoms with Gasteiger partial charge in [0.1, 0.15) is 0 Å². The second-order valence-corrected chi connectivity index (χ2v) is 2.94. The summed E-state index contributed by atoms with van der Waals surface area (Å²) in [6.45, 7) is 0.874. The molecule has 0 unspecified atom stereocenters. The predicted molar refractivity (Wildman–Crippen MR) is 44.1 cm³/mol. The molecule has 61 valence electrons. The Hall–Kier alpha value is -0.740. The Bertz CT molecular complexity index is 212. The Balaban J connectivity index is 2.32. The minimum Gasteiger partial charge on any atom is -0.497 e. The van der Waals surface area contributed by atoms with Gasteiger partial charge in [-0.2, -0.15) is 0 Å². The molecule has 11 heavy (non-hydrogen) atoms. The van der Waals surface area contributed by atoms with Gasteiger partial charge in [-0.25, -0.2) is 0 Å². The molecular formula is C7H10NO2S. The first kappa shape index (κ1) is 8.36. The van der Waals surface area contributed by atoms with Gasteiger partial charge in [0.05, 0.1) is 6.61 Å². The van der Waals surface area contributed by atoms with Crippen LogP contribution in [0.2, 0.25) is 0 Å². The largest absolute Gasteiger partial charge is 0.497 e. The minimum absolute atomic E-state index is 0.218. The van der Waals surface area contributed by atoms with Crippen molar-refractivity contribution in [1.82, 2.24) is 5.73 Å². The van der Waals surface area contributed by atoms with Crippen LogP contribution in [0.25, 0.3) is 0 Å². The third-order valence-corrected chi connectivity index (χ3v) is 1.89. The Labute approximate surface area is 69.4 Å². The van der Waals surface area contributed by atoms with Gasteiger partial charge in [0, 0.05) is 6.54 Å². The number of thiophene rings is 1. The molecule has 1 heterocycles. The molecule has 1 rings (SSSR count). The lowest BCUT2D eigenvalue weighted by Gasteiger charge is -2.01. The van der Waals surface area contributed by atoms with Crippen molar-refractivity contribution >= 4 is 11.3 Å². The molecule has 1 aromatic rings. The molecule has 1 radical (unpaired) electrons. The number of aromatic hydroxyl groups is 1. The summed E-state index contributed by atoms with van der Waals surface area (Å²) in [7, 11) is 0. The summed E-state index contributed by atoms with van der Waals surface area (Å²) in [6.07, 6.45) is 0.704. The molecule has 1 aromatic heterocycles. The van der Waals surface area contributed by atoms with E-state index in [0.29, 0.717) is 25.3 Å². The van der Waals surface area contributed by atoms with Gasteiger partial charge in [-0.1, -0.05) is 0 Å². The normalized spacial score (nSPS) is 9.91. The smallest absolute Gasteiger partial charge is 0.214 e. The van der Waals surface area contributed by atoms with Gasteiger partial charge in [0.15, 0.2) is 5.75 Å². The molecule has 4 heteroatoms. The quantitative estimate of drug-likeness (QED) is 0.700. The standard InChI is InChI=1S/C7H10NO2S/c8-3-1-4-10-6-2-5-11-7(6)9/h2,5,8-9H,1,3-4H2. The van der Waals surface area contributed by atoms with Crippen molar-refractivity contribution in [2.45, 2.75) is 6.42 Å². The van der Waals surface area contributed by atoms with Crippen LogP contribution in [0.5, 0.6) is 10.8 Å². The highest BCUT2D eigenvalue weighted by Crippen LogP contribution is 2.31. The van der Waals surface area contributed by atoms with Crippen LogP contribution in [-0.2, 0) is 0 Å². The summed E-state index contributed by atoms with van der Waals surface area (Å²) in [5.74, 6) is 0.531. The number of hydrogen-bond acceptors (Lipinski definition) is 3. The average Bonchev–Trinajstić information content (AvgIpc) is 2.37. The van der Waals surface area contributed by atoms with Gasteiger partial charge in [-0.15, -0.1) is 11.3 Å². The summed E-state index contributed by atoms with van der Waals surface area (Å²) < 4.78 is 5.16. The molecule has 2 N–H and O–H groups in total. The van der Waals surface area contributed by atoms with E-state index in [4.69, 9.17) is 15.6 Å². The molecule has 0 saturated heterocycles. The van der Waals surface area contributed by atoms with Crippen LogP contribution in [0.15, 0.2) is 11.4 Å². The molecule has 0 aliphatic carbocycles. The second-order valence-electron chi connectivity index (χ2n) is 2.04. The number of rotatable bonds is 4. The first-order chi connectivity index (χ1) is 5.34. The van der Waals surface area contributed by atoms with Crippen LogP contribution in [0, 0.1) is 0 Å². The van der Waals surface area contributed by atoms with E-state index in [1.165, 1.54) is 11.3 Å². The van der Waals surface area contributed by atoms with Crippen LogP contribution in [0.3, 0.4) is 0 Å². The lowest BCUT2D eigenvalue weighted by Crippen LogP contribution is -1.99. The summed E-state index contributed by atoms with van der Waals surface area (Å²) in [6, 6.07) is 1.73. The molecule has 0 aliphatic heterocycles. The van der Waals surface area contributed by atoms with Crippen molar-refractivity contribution < 1.29 is 9.84 Å². The van der Waals surface area contributed by atoms with Crippen molar-refractivity contribution in [2.75, 3.05) is 13.2 Å². The van der Waals surface area contributed by atoms with Crippen LogP contribution < -0.4 is 10.5 Å². The number of hydrogen-bond donors (Lipinski definition) is 1. The van der Waals surface area contributed by atoms with Crippen molar-refractivity contribution in [2.24, 2.45) is 0 Å². The molecule has 0 aromatic carbocycles. The maximum atomic E-state index is 9.10. The van der Waals surface area contributed by atoms with Crippen LogP contribution in [0.1, 0.15) is 6.42 Å². The highest BCUT2D eigenvalue weighted by atomic mass is 32.1. The first-order valence-electron chi connectivity index (χ1n) is 3.38. The Kier molecular flexibility index (Phi) is 3.19. The van der Waals surface area contributed by atoms with Crippen molar-refractivity contribution in [3.05, 3.63) is 11.4 Å². The van der Waals surface area contributed by atoms with Crippen molar-refractivity contribution in [3.63, 3.8) is 0 Å². The minimum atomic E-state index is 0.218. The van der Waals surface area contributed by atoms with E-state index in [-0.39, 0.29) is 5.06 Å². The maximum absolute atomic E-state index is 9.10. The Morgan fingerprint density at radius 2 is 2.45 bits per heavy atom. The summed E-state index contributed by atoms with van der Waals surface area (Å²) in [4.78, 5) is 0. The lowest BCUT2D eigenvalue weighted by atomic mass is 10.4. The Morgan fingerprint density at radius 3 is 3.00 bits per heavy atom. The monoisotopic (exact) mass is 172 g/mol. The van der Waals surface area contributed by atoms with Gasteiger partial charge in [-0.05, 0) is 17.9 Å². The van der Waals surface area contributed by atoms with E-state index in [0.717, 1.165) is 0 Å². The van der Waals surface area contributed by atoms with Gasteiger partial charge in [0.25, 0.3) is 0 Å². The van der Waals surface area contributed by atoms with Crippen LogP contribution >= 0.6 is 11.3 Å². The van der Waals surface area contributed by atoms with E-state index < -0.39 is 0 Å². The van der Waals surface area contributed by atoms with Crippen molar-refractivity contribution in [3.8, 4) is 10.8 Å². The number of nitrogens with one attached hydrogen (secondary N) is 1. The second kappa shape index (κ2) is 4.20. The molecule has 0 spiro atoms. The topological polar surface area (TPSA) is 53.3 Å². The Morgan fingerprint density at radius 1 is 1.64 bits per heavy atom. The summed E-state index contributed by atoms with van der Waals surface area (Å²) in [5.41, 5.74) is 6.85. The van der Waals surface area contributed by atoms with E-state index in [2.05, 4.69) is 0 Å². The van der Waals surface area contributed by atoms with E-state index >= 15 is 0 Å².